The molecule has 0 spiro atoms. The molecule has 2 nitrogen and oxygen atoms in total. The zero-order valence-electron chi connectivity index (χ0n) is 9.49. The zero-order valence-corrected chi connectivity index (χ0v) is 9.49. The van der Waals surface area contributed by atoms with Gasteiger partial charge in [0, 0.05) is 0 Å². The molecule has 0 bridgehead atoms. The summed E-state index contributed by atoms with van der Waals surface area (Å²) in [5.41, 5.74) is -1.58. The first kappa shape index (κ1) is 14.4. The summed E-state index contributed by atoms with van der Waals surface area (Å²) in [6, 6.07) is 0. The molecular weight excluding hydrogens is 259 g/mol. The predicted molar refractivity (Wildman–Crippen MR) is 52.3 cm³/mol. The summed E-state index contributed by atoms with van der Waals surface area (Å²) in [4.78, 5) is 11.1. The highest BCUT2D eigenvalue weighted by atomic mass is 19.2. The first-order valence-electron chi connectivity index (χ1n) is 4.99. The SMILES string of the molecule is CCOc1c(F)c(F)c(C(=O)C(C)F)c(F)c1F. The number of carbonyl (C=O) groups excluding carboxylic acids is 1. The summed E-state index contributed by atoms with van der Waals surface area (Å²) in [6.07, 6.45) is -2.29. The Kier molecular flexibility index (Phi) is 4.26. The predicted octanol–water partition coefficient (Wildman–Crippen LogP) is 3.18. The largest absolute Gasteiger partial charge is 0.488 e. The summed E-state index contributed by atoms with van der Waals surface area (Å²) in [5.74, 6) is -10.6. The van der Waals surface area contributed by atoms with Crippen LogP contribution in [0.3, 0.4) is 0 Å². The minimum atomic E-state index is -2.29. The van der Waals surface area contributed by atoms with Crippen molar-refractivity contribution in [2.24, 2.45) is 0 Å². The highest BCUT2D eigenvalue weighted by Crippen LogP contribution is 2.30. The highest BCUT2D eigenvalue weighted by Gasteiger charge is 2.32. The average Bonchev–Trinajstić information content (AvgIpc) is 2.32. The first-order valence-corrected chi connectivity index (χ1v) is 4.99. The second-order valence-corrected chi connectivity index (χ2v) is 3.37. The summed E-state index contributed by atoms with van der Waals surface area (Å²) in [5, 5.41) is 0. The quantitative estimate of drug-likeness (QED) is 0.476. The normalized spacial score (nSPS) is 12.4. The number of ketones is 1. The van der Waals surface area contributed by atoms with Gasteiger partial charge < -0.3 is 4.74 Å². The van der Waals surface area contributed by atoms with E-state index in [4.69, 9.17) is 0 Å². The molecule has 0 aliphatic rings. The van der Waals surface area contributed by atoms with E-state index in [9.17, 15) is 26.7 Å². The van der Waals surface area contributed by atoms with E-state index in [0.29, 0.717) is 6.92 Å². The van der Waals surface area contributed by atoms with Crippen molar-refractivity contribution >= 4 is 5.78 Å². The molecule has 0 saturated carbocycles. The molecule has 0 aliphatic carbocycles. The second-order valence-electron chi connectivity index (χ2n) is 3.37. The lowest BCUT2D eigenvalue weighted by Crippen LogP contribution is -2.19. The van der Waals surface area contributed by atoms with Crippen LogP contribution in [-0.2, 0) is 0 Å². The summed E-state index contributed by atoms with van der Waals surface area (Å²) < 4.78 is 70.5. The number of carbonyl (C=O) groups is 1. The molecule has 1 unspecified atom stereocenters. The van der Waals surface area contributed by atoms with E-state index in [1.54, 1.807) is 0 Å². The van der Waals surface area contributed by atoms with Crippen molar-refractivity contribution < 1.29 is 31.5 Å². The van der Waals surface area contributed by atoms with Gasteiger partial charge in [0.05, 0.1) is 12.2 Å². The van der Waals surface area contributed by atoms with Gasteiger partial charge in [0.15, 0.2) is 23.6 Å². The van der Waals surface area contributed by atoms with Crippen LogP contribution in [0, 0.1) is 23.3 Å². The van der Waals surface area contributed by atoms with Crippen LogP contribution in [0.15, 0.2) is 0 Å². The molecule has 0 aliphatic heterocycles. The van der Waals surface area contributed by atoms with Crippen LogP contribution in [0.2, 0.25) is 0 Å². The Bertz CT molecular complexity index is 456. The molecule has 0 heterocycles. The van der Waals surface area contributed by atoms with Crippen molar-refractivity contribution in [1.82, 2.24) is 0 Å². The maximum Gasteiger partial charge on any atom is 0.204 e. The van der Waals surface area contributed by atoms with Crippen LogP contribution in [-0.4, -0.2) is 18.6 Å². The van der Waals surface area contributed by atoms with Gasteiger partial charge in [-0.3, -0.25) is 4.79 Å². The summed E-state index contributed by atoms with van der Waals surface area (Å²) in [6.45, 7) is 1.81. The fraction of sp³-hybridized carbons (Fsp3) is 0.364. The molecule has 1 aromatic carbocycles. The summed E-state index contributed by atoms with van der Waals surface area (Å²) >= 11 is 0. The maximum atomic E-state index is 13.4. The Morgan fingerprint density at radius 1 is 1.11 bits per heavy atom. The van der Waals surface area contributed by atoms with Gasteiger partial charge >= 0.3 is 0 Å². The molecule has 0 amide bonds. The highest BCUT2D eigenvalue weighted by molar-refractivity contribution is 5.99. The third-order valence-corrected chi connectivity index (χ3v) is 2.12. The molecule has 0 saturated heterocycles. The minimum Gasteiger partial charge on any atom is -0.488 e. The molecule has 1 atom stereocenters. The number of halogens is 5. The van der Waals surface area contributed by atoms with Gasteiger partial charge in [0.25, 0.3) is 0 Å². The Hall–Kier alpha value is -1.66. The van der Waals surface area contributed by atoms with Gasteiger partial charge in [-0.1, -0.05) is 0 Å². The van der Waals surface area contributed by atoms with Gasteiger partial charge in [-0.2, -0.15) is 8.78 Å². The molecule has 1 rings (SSSR count). The van der Waals surface area contributed by atoms with Crippen molar-refractivity contribution in [2.45, 2.75) is 20.0 Å². The molecule has 0 fully saturated rings. The Balaban J connectivity index is 3.53. The second kappa shape index (κ2) is 5.32. The Morgan fingerprint density at radius 2 is 1.56 bits per heavy atom. The van der Waals surface area contributed by atoms with Gasteiger partial charge in [0.2, 0.25) is 17.4 Å². The number of ether oxygens (including phenoxy) is 1. The number of alkyl halides is 1. The van der Waals surface area contributed by atoms with Crippen molar-refractivity contribution in [3.63, 3.8) is 0 Å². The Morgan fingerprint density at radius 3 is 1.89 bits per heavy atom. The van der Waals surface area contributed by atoms with E-state index in [-0.39, 0.29) is 6.61 Å². The van der Waals surface area contributed by atoms with Gasteiger partial charge in [0.1, 0.15) is 0 Å². The molecule has 0 N–H and O–H groups in total. The summed E-state index contributed by atoms with van der Waals surface area (Å²) in [7, 11) is 0. The number of Topliss-reactive ketones (excluding diaryl/α,β-unsaturated/α-hetero) is 1. The van der Waals surface area contributed by atoms with Crippen molar-refractivity contribution in [1.29, 1.82) is 0 Å². The van der Waals surface area contributed by atoms with Gasteiger partial charge in [-0.25, -0.2) is 13.2 Å². The smallest absolute Gasteiger partial charge is 0.204 e. The van der Waals surface area contributed by atoms with Crippen LogP contribution >= 0.6 is 0 Å². The monoisotopic (exact) mass is 268 g/mol. The molecule has 0 aromatic heterocycles. The van der Waals surface area contributed by atoms with E-state index in [2.05, 4.69) is 4.74 Å². The minimum absolute atomic E-state index is 0.237. The molecule has 18 heavy (non-hydrogen) atoms. The van der Waals surface area contributed by atoms with Crippen LogP contribution < -0.4 is 4.74 Å². The van der Waals surface area contributed by atoms with E-state index in [1.165, 1.54) is 6.92 Å². The lowest BCUT2D eigenvalue weighted by Gasteiger charge is -2.11. The fourth-order valence-corrected chi connectivity index (χ4v) is 1.30. The van der Waals surface area contributed by atoms with Gasteiger partial charge in [-0.05, 0) is 13.8 Å². The number of hydrogen-bond acceptors (Lipinski definition) is 2. The van der Waals surface area contributed by atoms with Crippen LogP contribution in [0.5, 0.6) is 5.75 Å². The first-order chi connectivity index (χ1) is 8.32. The number of benzene rings is 1. The van der Waals surface area contributed by atoms with Crippen molar-refractivity contribution in [3.05, 3.63) is 28.8 Å². The van der Waals surface area contributed by atoms with E-state index in [0.717, 1.165) is 0 Å². The molecular formula is C11H9F5O2. The van der Waals surface area contributed by atoms with Crippen molar-refractivity contribution in [2.75, 3.05) is 6.61 Å². The van der Waals surface area contributed by atoms with E-state index < -0.39 is 46.5 Å². The third kappa shape index (κ3) is 2.30. The average molecular weight is 268 g/mol. The molecule has 0 radical (unpaired) electrons. The zero-order chi connectivity index (χ0) is 14.0. The fourth-order valence-electron chi connectivity index (χ4n) is 1.30. The lowest BCUT2D eigenvalue weighted by molar-refractivity contribution is 0.0880. The molecule has 1 aromatic rings. The standard InChI is InChI=1S/C11H9F5O2/c1-3-18-11-8(15)6(13)5(7(14)9(11)16)10(17)4(2)12/h4H,3H2,1-2H3. The van der Waals surface area contributed by atoms with Gasteiger partial charge in [-0.15, -0.1) is 0 Å². The lowest BCUT2D eigenvalue weighted by atomic mass is 10.1. The van der Waals surface area contributed by atoms with Crippen LogP contribution in [0.25, 0.3) is 0 Å². The Labute approximate surface area is 99.4 Å². The third-order valence-electron chi connectivity index (χ3n) is 2.12. The van der Waals surface area contributed by atoms with E-state index in [1.807, 2.05) is 0 Å². The maximum absolute atomic E-state index is 13.4. The number of rotatable bonds is 4. The number of hydrogen-bond donors (Lipinski definition) is 0. The van der Waals surface area contributed by atoms with Crippen LogP contribution in [0.4, 0.5) is 22.0 Å². The van der Waals surface area contributed by atoms with E-state index >= 15 is 0 Å². The topological polar surface area (TPSA) is 26.3 Å². The van der Waals surface area contributed by atoms with Crippen LogP contribution in [0.1, 0.15) is 24.2 Å². The van der Waals surface area contributed by atoms with Crippen molar-refractivity contribution in [3.8, 4) is 5.75 Å². The molecule has 7 heteroatoms. The molecule has 100 valence electrons.